The van der Waals surface area contributed by atoms with Crippen molar-refractivity contribution in [3.05, 3.63) is 42.6 Å². The number of nitrogens with zero attached hydrogens (tertiary/aromatic N) is 3. The summed E-state index contributed by atoms with van der Waals surface area (Å²) in [5.41, 5.74) is 0. The Morgan fingerprint density at radius 1 is 1.48 bits per heavy atom. The molecule has 0 amide bonds. The number of aliphatic imine (C=N–C) groups is 1. The molecule has 7 nitrogen and oxygen atoms in total. The maximum absolute atomic E-state index is 5.77. The topological polar surface area (TPSA) is 76.6 Å². The van der Waals surface area contributed by atoms with Crippen molar-refractivity contribution in [2.45, 2.75) is 51.4 Å². The first kappa shape index (κ1) is 17.5. The number of hydrogen-bond donors (Lipinski definition) is 2. The van der Waals surface area contributed by atoms with E-state index in [9.17, 15) is 0 Å². The summed E-state index contributed by atoms with van der Waals surface area (Å²) in [5, 5.41) is 11.1. The van der Waals surface area contributed by atoms with Gasteiger partial charge in [-0.15, -0.1) is 0 Å². The fourth-order valence-electron chi connectivity index (χ4n) is 2.90. The van der Waals surface area contributed by atoms with E-state index in [0.717, 1.165) is 50.7 Å². The Hall–Kier alpha value is -2.28. The van der Waals surface area contributed by atoms with E-state index in [1.54, 1.807) is 12.5 Å². The van der Waals surface area contributed by atoms with E-state index in [1.165, 1.54) is 0 Å². The van der Waals surface area contributed by atoms with Crippen LogP contribution in [0.2, 0.25) is 0 Å². The van der Waals surface area contributed by atoms with Crippen molar-refractivity contribution in [3.8, 4) is 0 Å². The summed E-state index contributed by atoms with van der Waals surface area (Å²) in [6.45, 7) is 5.21. The van der Waals surface area contributed by atoms with Crippen LogP contribution in [0.3, 0.4) is 0 Å². The molecule has 3 heterocycles. The van der Waals surface area contributed by atoms with E-state index in [0.29, 0.717) is 6.54 Å². The van der Waals surface area contributed by atoms with Crippen LogP contribution in [0.5, 0.6) is 0 Å². The van der Waals surface area contributed by atoms with Crippen molar-refractivity contribution in [2.24, 2.45) is 4.99 Å². The molecule has 1 saturated heterocycles. The molecule has 2 aromatic rings. The lowest BCUT2D eigenvalue weighted by molar-refractivity contribution is 0.0890. The van der Waals surface area contributed by atoms with E-state index in [1.807, 2.05) is 29.1 Å². The van der Waals surface area contributed by atoms with Gasteiger partial charge in [0.1, 0.15) is 12.3 Å². The van der Waals surface area contributed by atoms with Crippen molar-refractivity contribution >= 4 is 5.96 Å². The van der Waals surface area contributed by atoms with Crippen molar-refractivity contribution in [1.29, 1.82) is 0 Å². The normalized spacial score (nSPS) is 19.1. The molecule has 2 atom stereocenters. The lowest BCUT2D eigenvalue weighted by Gasteiger charge is -2.22. The highest BCUT2D eigenvalue weighted by molar-refractivity contribution is 5.80. The van der Waals surface area contributed by atoms with Gasteiger partial charge in [-0.2, -0.15) is 5.10 Å². The predicted molar refractivity (Wildman–Crippen MR) is 96.3 cm³/mol. The summed E-state index contributed by atoms with van der Waals surface area (Å²) >= 11 is 0. The van der Waals surface area contributed by atoms with Gasteiger partial charge < -0.3 is 19.8 Å². The standard InChI is InChI=1S/C18H27N5O2/c1-15(17-7-3-13-25-17)22-18(20-14-16-6-2-12-24-16)19-8-4-10-23-11-5-9-21-23/h2,5-6,9,11-12,15,17H,3-4,7-8,10,13-14H2,1H3,(H2,19,20,22). The summed E-state index contributed by atoms with van der Waals surface area (Å²) in [7, 11) is 0. The molecule has 1 fully saturated rings. The minimum absolute atomic E-state index is 0.219. The van der Waals surface area contributed by atoms with Gasteiger partial charge in [0.05, 0.1) is 18.4 Å². The van der Waals surface area contributed by atoms with Crippen LogP contribution in [0, 0.1) is 0 Å². The van der Waals surface area contributed by atoms with Crippen molar-refractivity contribution in [1.82, 2.24) is 20.4 Å². The maximum atomic E-state index is 5.77. The highest BCUT2D eigenvalue weighted by atomic mass is 16.5. The summed E-state index contributed by atoms with van der Waals surface area (Å²) in [6, 6.07) is 5.97. The fourth-order valence-corrected chi connectivity index (χ4v) is 2.90. The van der Waals surface area contributed by atoms with Crippen molar-refractivity contribution in [2.75, 3.05) is 13.2 Å². The number of aryl methyl sites for hydroxylation is 1. The van der Waals surface area contributed by atoms with E-state index < -0.39 is 0 Å². The van der Waals surface area contributed by atoms with Gasteiger partial charge in [0.25, 0.3) is 0 Å². The average molecular weight is 345 g/mol. The van der Waals surface area contributed by atoms with Crippen molar-refractivity contribution in [3.63, 3.8) is 0 Å². The molecule has 0 saturated carbocycles. The second-order valence-corrected chi connectivity index (χ2v) is 6.28. The van der Waals surface area contributed by atoms with Crippen LogP contribution in [0.25, 0.3) is 0 Å². The molecule has 7 heteroatoms. The summed E-state index contributed by atoms with van der Waals surface area (Å²) in [6.07, 6.45) is 8.89. The van der Waals surface area contributed by atoms with Crippen LogP contribution in [0.1, 0.15) is 31.9 Å². The molecule has 136 valence electrons. The molecule has 25 heavy (non-hydrogen) atoms. The zero-order valence-electron chi connectivity index (χ0n) is 14.7. The minimum Gasteiger partial charge on any atom is -0.467 e. The molecule has 0 aromatic carbocycles. The summed E-state index contributed by atoms with van der Waals surface area (Å²) in [4.78, 5) is 4.63. The monoisotopic (exact) mass is 345 g/mol. The second kappa shape index (κ2) is 9.27. The highest BCUT2D eigenvalue weighted by Gasteiger charge is 2.23. The Labute approximate surface area is 148 Å². The van der Waals surface area contributed by atoms with Crippen LogP contribution in [-0.2, 0) is 17.8 Å². The number of guanidine groups is 1. The molecule has 2 N–H and O–H groups in total. The number of ether oxygens (including phenoxy) is 1. The van der Waals surface area contributed by atoms with E-state index >= 15 is 0 Å². The molecular formula is C18H27N5O2. The Balaban J connectivity index is 1.50. The predicted octanol–water partition coefficient (Wildman–Crippen LogP) is 2.17. The van der Waals surface area contributed by atoms with Crippen LogP contribution >= 0.6 is 0 Å². The zero-order chi connectivity index (χ0) is 17.3. The average Bonchev–Trinajstić information content (AvgIpc) is 3.39. The summed E-state index contributed by atoms with van der Waals surface area (Å²) in [5.74, 6) is 1.64. The minimum atomic E-state index is 0.219. The smallest absolute Gasteiger partial charge is 0.192 e. The largest absolute Gasteiger partial charge is 0.467 e. The van der Waals surface area contributed by atoms with E-state index in [4.69, 9.17) is 9.15 Å². The number of nitrogens with one attached hydrogen (secondary N) is 2. The molecule has 0 radical (unpaired) electrons. The lowest BCUT2D eigenvalue weighted by atomic mass is 10.1. The van der Waals surface area contributed by atoms with E-state index in [2.05, 4.69) is 27.6 Å². The third-order valence-electron chi connectivity index (χ3n) is 4.28. The van der Waals surface area contributed by atoms with Gasteiger partial charge in [0.2, 0.25) is 0 Å². The maximum Gasteiger partial charge on any atom is 0.192 e. The number of aromatic nitrogens is 2. The molecule has 2 unspecified atom stereocenters. The number of furan rings is 1. The van der Waals surface area contributed by atoms with Gasteiger partial charge in [0.15, 0.2) is 5.96 Å². The van der Waals surface area contributed by atoms with Gasteiger partial charge in [-0.1, -0.05) is 0 Å². The zero-order valence-corrected chi connectivity index (χ0v) is 14.7. The number of hydrogen-bond acceptors (Lipinski definition) is 4. The molecule has 2 aromatic heterocycles. The molecular weight excluding hydrogens is 318 g/mol. The fraction of sp³-hybridized carbons (Fsp3) is 0.556. The first-order valence-corrected chi connectivity index (χ1v) is 8.97. The third kappa shape index (κ3) is 5.63. The molecule has 1 aliphatic heterocycles. The van der Waals surface area contributed by atoms with Crippen LogP contribution in [-0.4, -0.2) is 41.0 Å². The molecule has 0 bridgehead atoms. The Morgan fingerprint density at radius 2 is 2.44 bits per heavy atom. The molecule has 0 spiro atoms. The van der Waals surface area contributed by atoms with Gasteiger partial charge in [0, 0.05) is 32.1 Å². The summed E-state index contributed by atoms with van der Waals surface area (Å²) < 4.78 is 13.1. The van der Waals surface area contributed by atoms with Crippen LogP contribution in [0.4, 0.5) is 0 Å². The third-order valence-corrected chi connectivity index (χ3v) is 4.28. The van der Waals surface area contributed by atoms with Gasteiger partial charge in [-0.25, -0.2) is 4.99 Å². The van der Waals surface area contributed by atoms with Gasteiger partial charge >= 0.3 is 0 Å². The highest BCUT2D eigenvalue weighted by Crippen LogP contribution is 2.15. The van der Waals surface area contributed by atoms with Crippen LogP contribution < -0.4 is 10.6 Å². The quantitative estimate of drug-likeness (QED) is 0.436. The first-order chi connectivity index (χ1) is 12.3. The first-order valence-electron chi connectivity index (χ1n) is 8.97. The Morgan fingerprint density at radius 3 is 3.16 bits per heavy atom. The lowest BCUT2D eigenvalue weighted by Crippen LogP contribution is -2.47. The van der Waals surface area contributed by atoms with E-state index in [-0.39, 0.29) is 12.1 Å². The Bertz CT molecular complexity index is 618. The molecule has 0 aliphatic carbocycles. The second-order valence-electron chi connectivity index (χ2n) is 6.28. The van der Waals surface area contributed by atoms with Crippen molar-refractivity contribution < 1.29 is 9.15 Å². The molecule has 1 aliphatic rings. The Kier molecular flexibility index (Phi) is 6.50. The molecule has 3 rings (SSSR count). The van der Waals surface area contributed by atoms with Gasteiger partial charge in [-0.3, -0.25) is 4.68 Å². The van der Waals surface area contributed by atoms with Gasteiger partial charge in [-0.05, 0) is 44.4 Å². The van der Waals surface area contributed by atoms with Crippen LogP contribution in [0.15, 0.2) is 46.3 Å². The number of rotatable bonds is 8. The SMILES string of the molecule is CC(NC(=NCc1ccco1)NCCCn1cccn1)C1CCCO1.